The normalized spacial score (nSPS) is 17.6. The van der Waals surface area contributed by atoms with E-state index in [2.05, 4.69) is 27.8 Å². The van der Waals surface area contributed by atoms with Crippen molar-refractivity contribution in [1.82, 2.24) is 15.2 Å². The smallest absolute Gasteiger partial charge is 0.317 e. The summed E-state index contributed by atoms with van der Waals surface area (Å²) in [7, 11) is 0. The molecule has 3 heterocycles. The van der Waals surface area contributed by atoms with Crippen LogP contribution in [0.15, 0.2) is 42.6 Å². The third-order valence-corrected chi connectivity index (χ3v) is 4.95. The van der Waals surface area contributed by atoms with Crippen molar-refractivity contribution in [1.29, 1.82) is 0 Å². The second kappa shape index (κ2) is 6.61. The number of rotatable bonds is 2. The molecule has 0 saturated carbocycles. The highest BCUT2D eigenvalue weighted by atomic mass is 16.2. The summed E-state index contributed by atoms with van der Waals surface area (Å²) < 4.78 is 0. The Labute approximate surface area is 142 Å². The fourth-order valence-electron chi connectivity index (χ4n) is 3.54. The van der Waals surface area contributed by atoms with Crippen molar-refractivity contribution in [2.45, 2.75) is 31.8 Å². The Kier molecular flexibility index (Phi) is 4.17. The molecule has 1 aromatic heterocycles. The Morgan fingerprint density at radius 2 is 1.92 bits per heavy atom. The van der Waals surface area contributed by atoms with Crippen molar-refractivity contribution < 1.29 is 4.79 Å². The lowest BCUT2D eigenvalue weighted by molar-refractivity contribution is 0.212. The summed E-state index contributed by atoms with van der Waals surface area (Å²) >= 11 is 0. The monoisotopic (exact) mass is 322 g/mol. The molecule has 124 valence electrons. The first-order chi connectivity index (χ1) is 11.8. The fraction of sp³-hybridized carbons (Fsp3) is 0.368. The van der Waals surface area contributed by atoms with E-state index in [1.807, 2.05) is 24.3 Å². The molecule has 24 heavy (non-hydrogen) atoms. The lowest BCUT2D eigenvalue weighted by atomic mass is 9.90. The number of nitrogens with one attached hydrogen (secondary N) is 2. The van der Waals surface area contributed by atoms with E-state index in [-0.39, 0.29) is 6.03 Å². The quantitative estimate of drug-likeness (QED) is 0.893. The lowest BCUT2D eigenvalue weighted by Gasteiger charge is -2.23. The van der Waals surface area contributed by atoms with E-state index in [9.17, 15) is 4.79 Å². The molecule has 1 aromatic carbocycles. The molecule has 0 atom stereocenters. The Morgan fingerprint density at radius 3 is 2.67 bits per heavy atom. The summed E-state index contributed by atoms with van der Waals surface area (Å²) in [4.78, 5) is 18.6. The van der Waals surface area contributed by atoms with E-state index in [0.29, 0.717) is 19.0 Å². The Morgan fingerprint density at radius 1 is 1.12 bits per heavy atom. The summed E-state index contributed by atoms with van der Waals surface area (Å²) in [6, 6.07) is 12.2. The first-order valence-electron chi connectivity index (χ1n) is 8.59. The zero-order valence-electron chi connectivity index (χ0n) is 13.7. The standard InChI is InChI=1S/C19H22N4O/c24-19(23-12-16-2-1-9-21-18(16)13-23)22-17-5-3-14(4-6-17)15-7-10-20-11-8-15/h1-6,9,15,20H,7-8,10-13H2,(H,22,24). The first kappa shape index (κ1) is 15.1. The molecule has 2 aliphatic rings. The van der Waals surface area contributed by atoms with Gasteiger partial charge in [0.2, 0.25) is 0 Å². The number of amides is 2. The second-order valence-corrected chi connectivity index (χ2v) is 6.54. The molecule has 0 unspecified atom stereocenters. The fourth-order valence-corrected chi connectivity index (χ4v) is 3.54. The van der Waals surface area contributed by atoms with Crippen LogP contribution in [0, 0.1) is 0 Å². The average molecular weight is 322 g/mol. The molecule has 2 aromatic rings. The van der Waals surface area contributed by atoms with Crippen LogP contribution in [0.4, 0.5) is 10.5 Å². The minimum Gasteiger partial charge on any atom is -0.317 e. The van der Waals surface area contributed by atoms with Crippen LogP contribution in [0.3, 0.4) is 0 Å². The number of piperidine rings is 1. The number of hydrogen-bond acceptors (Lipinski definition) is 3. The average Bonchev–Trinajstić information content (AvgIpc) is 3.07. The number of anilines is 1. The summed E-state index contributed by atoms with van der Waals surface area (Å²) in [5, 5.41) is 6.39. The van der Waals surface area contributed by atoms with Gasteiger partial charge in [0, 0.05) is 18.4 Å². The molecule has 5 nitrogen and oxygen atoms in total. The highest BCUT2D eigenvalue weighted by Crippen LogP contribution is 2.26. The van der Waals surface area contributed by atoms with Gasteiger partial charge in [-0.05, 0) is 61.2 Å². The maximum absolute atomic E-state index is 12.4. The highest BCUT2D eigenvalue weighted by molar-refractivity contribution is 5.89. The molecule has 2 amide bonds. The summed E-state index contributed by atoms with van der Waals surface area (Å²) in [6.07, 6.45) is 4.15. The van der Waals surface area contributed by atoms with E-state index in [4.69, 9.17) is 0 Å². The van der Waals surface area contributed by atoms with Gasteiger partial charge in [0.25, 0.3) is 0 Å². The molecule has 1 fully saturated rings. The third-order valence-electron chi connectivity index (χ3n) is 4.95. The van der Waals surface area contributed by atoms with Crippen molar-refractivity contribution in [3.05, 3.63) is 59.4 Å². The zero-order valence-corrected chi connectivity index (χ0v) is 13.7. The van der Waals surface area contributed by atoms with Gasteiger partial charge in [0.05, 0.1) is 12.2 Å². The van der Waals surface area contributed by atoms with Gasteiger partial charge < -0.3 is 15.5 Å². The maximum atomic E-state index is 12.4. The molecule has 2 aliphatic heterocycles. The Hall–Kier alpha value is -2.40. The number of benzene rings is 1. The minimum absolute atomic E-state index is 0.0670. The van der Waals surface area contributed by atoms with Crippen molar-refractivity contribution in [3.8, 4) is 0 Å². The molecule has 4 rings (SSSR count). The van der Waals surface area contributed by atoms with Crippen LogP contribution < -0.4 is 10.6 Å². The number of carbonyl (C=O) groups excluding carboxylic acids is 1. The van der Waals surface area contributed by atoms with E-state index in [1.165, 1.54) is 18.4 Å². The van der Waals surface area contributed by atoms with Crippen molar-refractivity contribution in [2.75, 3.05) is 18.4 Å². The van der Waals surface area contributed by atoms with Crippen LogP contribution in [-0.2, 0) is 13.1 Å². The summed E-state index contributed by atoms with van der Waals surface area (Å²) in [6.45, 7) is 3.39. The van der Waals surface area contributed by atoms with Crippen LogP contribution in [0.5, 0.6) is 0 Å². The van der Waals surface area contributed by atoms with Gasteiger partial charge in [-0.3, -0.25) is 4.98 Å². The minimum atomic E-state index is -0.0670. The molecule has 0 radical (unpaired) electrons. The lowest BCUT2D eigenvalue weighted by Crippen LogP contribution is -2.30. The van der Waals surface area contributed by atoms with Gasteiger partial charge in [-0.25, -0.2) is 4.79 Å². The topological polar surface area (TPSA) is 57.3 Å². The van der Waals surface area contributed by atoms with Gasteiger partial charge in [-0.2, -0.15) is 0 Å². The third kappa shape index (κ3) is 3.12. The van der Waals surface area contributed by atoms with E-state index >= 15 is 0 Å². The Balaban J connectivity index is 1.38. The Bertz CT molecular complexity index is 697. The maximum Gasteiger partial charge on any atom is 0.322 e. The van der Waals surface area contributed by atoms with E-state index < -0.39 is 0 Å². The van der Waals surface area contributed by atoms with Gasteiger partial charge in [-0.15, -0.1) is 0 Å². The predicted octanol–water partition coefficient (Wildman–Crippen LogP) is 3.10. The predicted molar refractivity (Wildman–Crippen MR) is 93.8 cm³/mol. The second-order valence-electron chi connectivity index (χ2n) is 6.54. The number of nitrogens with zero attached hydrogens (tertiary/aromatic N) is 2. The number of carbonyl (C=O) groups is 1. The number of urea groups is 1. The molecular weight excluding hydrogens is 300 g/mol. The van der Waals surface area contributed by atoms with Gasteiger partial charge >= 0.3 is 6.03 Å². The number of aromatic nitrogens is 1. The molecule has 1 saturated heterocycles. The largest absolute Gasteiger partial charge is 0.322 e. The van der Waals surface area contributed by atoms with Gasteiger partial charge in [0.15, 0.2) is 0 Å². The number of pyridine rings is 1. The van der Waals surface area contributed by atoms with E-state index in [0.717, 1.165) is 30.0 Å². The number of hydrogen-bond donors (Lipinski definition) is 2. The van der Waals surface area contributed by atoms with Gasteiger partial charge in [-0.1, -0.05) is 18.2 Å². The summed E-state index contributed by atoms with van der Waals surface area (Å²) in [5.74, 6) is 0.634. The number of fused-ring (bicyclic) bond motifs is 1. The molecule has 5 heteroatoms. The van der Waals surface area contributed by atoms with Crippen LogP contribution in [0.25, 0.3) is 0 Å². The van der Waals surface area contributed by atoms with Crippen LogP contribution in [0.2, 0.25) is 0 Å². The zero-order chi connectivity index (χ0) is 16.4. The van der Waals surface area contributed by atoms with Crippen LogP contribution >= 0.6 is 0 Å². The molecule has 0 bridgehead atoms. The van der Waals surface area contributed by atoms with Crippen LogP contribution in [0.1, 0.15) is 35.6 Å². The van der Waals surface area contributed by atoms with Crippen LogP contribution in [-0.4, -0.2) is 29.0 Å². The molecule has 2 N–H and O–H groups in total. The molecule has 0 spiro atoms. The van der Waals surface area contributed by atoms with Crippen molar-refractivity contribution in [3.63, 3.8) is 0 Å². The van der Waals surface area contributed by atoms with E-state index in [1.54, 1.807) is 11.1 Å². The van der Waals surface area contributed by atoms with Gasteiger partial charge in [0.1, 0.15) is 0 Å². The van der Waals surface area contributed by atoms with Crippen molar-refractivity contribution >= 4 is 11.7 Å². The SMILES string of the molecule is O=C(Nc1ccc(C2CCNCC2)cc1)N1Cc2cccnc2C1. The highest BCUT2D eigenvalue weighted by Gasteiger charge is 2.24. The first-order valence-corrected chi connectivity index (χ1v) is 8.59. The summed E-state index contributed by atoms with van der Waals surface area (Å²) in [5.41, 5.74) is 4.34. The van der Waals surface area contributed by atoms with Crippen molar-refractivity contribution in [2.24, 2.45) is 0 Å². The molecule has 0 aliphatic carbocycles. The molecular formula is C19H22N4O.